The Morgan fingerprint density at radius 2 is 1.70 bits per heavy atom. The summed E-state index contributed by atoms with van der Waals surface area (Å²) in [6.07, 6.45) is 0.560. The summed E-state index contributed by atoms with van der Waals surface area (Å²) >= 11 is 0. The quantitative estimate of drug-likeness (QED) is 0.788. The van der Waals surface area contributed by atoms with Gasteiger partial charge in [-0.3, -0.25) is 9.59 Å². The molecule has 1 saturated carbocycles. The minimum atomic E-state index is -0.310. The number of aryl methyl sites for hydroxylation is 1. The van der Waals surface area contributed by atoms with Crippen LogP contribution in [-0.2, 0) is 16.1 Å². The Morgan fingerprint density at radius 3 is 2.37 bits per heavy atom. The number of hydrogen-bond donors (Lipinski definition) is 2. The number of hydrogen-bond acceptors (Lipinski definition) is 4. The lowest BCUT2D eigenvalue weighted by Gasteiger charge is -2.11. The largest absolute Gasteiger partial charge is 0.497 e. The van der Waals surface area contributed by atoms with Crippen molar-refractivity contribution in [3.63, 3.8) is 0 Å². The summed E-state index contributed by atoms with van der Waals surface area (Å²) in [4.78, 5) is 24.7. The second-order valence-electron chi connectivity index (χ2n) is 6.71. The molecule has 0 aromatic heterocycles. The van der Waals surface area contributed by atoms with Crippen LogP contribution in [0.2, 0.25) is 0 Å². The summed E-state index contributed by atoms with van der Waals surface area (Å²) in [6, 6.07) is 13.2. The first-order chi connectivity index (χ1) is 13.0. The maximum absolute atomic E-state index is 12.4. The van der Waals surface area contributed by atoms with Gasteiger partial charge < -0.3 is 20.1 Å². The molecular weight excluding hydrogens is 344 g/mol. The van der Waals surface area contributed by atoms with Crippen molar-refractivity contribution in [2.45, 2.75) is 19.9 Å². The van der Waals surface area contributed by atoms with Gasteiger partial charge >= 0.3 is 0 Å². The van der Waals surface area contributed by atoms with Gasteiger partial charge in [0, 0.05) is 12.6 Å². The van der Waals surface area contributed by atoms with Crippen molar-refractivity contribution in [1.29, 1.82) is 0 Å². The lowest BCUT2D eigenvalue weighted by atomic mass is 10.1. The highest BCUT2D eigenvalue weighted by molar-refractivity contribution is 6.00. The van der Waals surface area contributed by atoms with E-state index < -0.39 is 0 Å². The normalized spacial score (nSPS) is 17.7. The number of carbonyl (C=O) groups is 2. The predicted octanol–water partition coefficient (Wildman–Crippen LogP) is 2.90. The van der Waals surface area contributed by atoms with Crippen LogP contribution >= 0.6 is 0 Å². The highest BCUT2D eigenvalue weighted by Crippen LogP contribution is 2.40. The Kier molecular flexibility index (Phi) is 5.64. The minimum absolute atomic E-state index is 0.0857. The second kappa shape index (κ2) is 8.12. The number of carbonyl (C=O) groups excluding carboxylic acids is 2. The van der Waals surface area contributed by atoms with Crippen LogP contribution in [0.25, 0.3) is 0 Å². The molecule has 0 bridgehead atoms. The molecule has 0 aliphatic heterocycles. The highest BCUT2D eigenvalue weighted by Gasteiger charge is 2.48. The zero-order valence-corrected chi connectivity index (χ0v) is 15.7. The molecule has 27 heavy (non-hydrogen) atoms. The smallest absolute Gasteiger partial charge is 0.228 e. The SMILES string of the molecule is COc1ccc(NC(=O)C2CC2C(=O)NCc2ccc(C)cc2)c(OC)c1. The fourth-order valence-electron chi connectivity index (χ4n) is 2.93. The molecule has 2 aromatic rings. The zero-order valence-electron chi connectivity index (χ0n) is 15.7. The number of benzene rings is 2. The first-order valence-corrected chi connectivity index (χ1v) is 8.88. The summed E-state index contributed by atoms with van der Waals surface area (Å²) in [7, 11) is 3.10. The Balaban J connectivity index is 1.52. The van der Waals surface area contributed by atoms with Crippen LogP contribution in [0.3, 0.4) is 0 Å². The summed E-state index contributed by atoms with van der Waals surface area (Å²) in [5, 5.41) is 5.75. The number of amides is 2. The summed E-state index contributed by atoms with van der Waals surface area (Å²) in [6.45, 7) is 2.49. The third-order valence-corrected chi connectivity index (χ3v) is 4.72. The van der Waals surface area contributed by atoms with Crippen LogP contribution in [0.15, 0.2) is 42.5 Å². The van der Waals surface area contributed by atoms with E-state index in [9.17, 15) is 9.59 Å². The lowest BCUT2D eigenvalue weighted by molar-refractivity contribution is -0.125. The van der Waals surface area contributed by atoms with Gasteiger partial charge in [0.15, 0.2) is 0 Å². The molecule has 2 aromatic carbocycles. The van der Waals surface area contributed by atoms with Crippen molar-refractivity contribution in [2.24, 2.45) is 11.8 Å². The van der Waals surface area contributed by atoms with E-state index in [-0.39, 0.29) is 23.7 Å². The Labute approximate surface area is 158 Å². The molecule has 2 amide bonds. The molecule has 0 radical (unpaired) electrons. The molecule has 3 rings (SSSR count). The van der Waals surface area contributed by atoms with Crippen LogP contribution in [0.5, 0.6) is 11.5 Å². The molecule has 142 valence electrons. The van der Waals surface area contributed by atoms with Crippen molar-refractivity contribution in [3.05, 3.63) is 53.6 Å². The minimum Gasteiger partial charge on any atom is -0.497 e. The average molecular weight is 368 g/mol. The van der Waals surface area contributed by atoms with Crippen LogP contribution < -0.4 is 20.1 Å². The molecule has 1 aliphatic rings. The van der Waals surface area contributed by atoms with Gasteiger partial charge in [0.1, 0.15) is 11.5 Å². The van der Waals surface area contributed by atoms with E-state index >= 15 is 0 Å². The van der Waals surface area contributed by atoms with Crippen molar-refractivity contribution in [1.82, 2.24) is 5.32 Å². The maximum Gasteiger partial charge on any atom is 0.228 e. The van der Waals surface area contributed by atoms with Crippen molar-refractivity contribution < 1.29 is 19.1 Å². The van der Waals surface area contributed by atoms with E-state index in [1.807, 2.05) is 31.2 Å². The van der Waals surface area contributed by atoms with Crippen LogP contribution in [0, 0.1) is 18.8 Å². The summed E-state index contributed by atoms with van der Waals surface area (Å²) < 4.78 is 10.4. The van der Waals surface area contributed by atoms with E-state index in [0.29, 0.717) is 30.2 Å². The number of anilines is 1. The Hall–Kier alpha value is -3.02. The van der Waals surface area contributed by atoms with Gasteiger partial charge in [0.05, 0.1) is 31.7 Å². The number of nitrogens with one attached hydrogen (secondary N) is 2. The van der Waals surface area contributed by atoms with Gasteiger partial charge in [0.25, 0.3) is 0 Å². The second-order valence-corrected chi connectivity index (χ2v) is 6.71. The van der Waals surface area contributed by atoms with E-state index in [4.69, 9.17) is 9.47 Å². The Morgan fingerprint density at radius 1 is 1.00 bits per heavy atom. The lowest BCUT2D eigenvalue weighted by Crippen LogP contribution is -2.27. The van der Waals surface area contributed by atoms with Gasteiger partial charge in [-0.25, -0.2) is 0 Å². The monoisotopic (exact) mass is 368 g/mol. The highest BCUT2D eigenvalue weighted by atomic mass is 16.5. The molecule has 1 fully saturated rings. The summed E-state index contributed by atoms with van der Waals surface area (Å²) in [5.74, 6) is 0.314. The Bertz CT molecular complexity index is 833. The molecule has 0 saturated heterocycles. The van der Waals surface area contributed by atoms with E-state index in [2.05, 4.69) is 10.6 Å². The van der Waals surface area contributed by atoms with E-state index in [0.717, 1.165) is 5.56 Å². The van der Waals surface area contributed by atoms with Crippen LogP contribution in [0.4, 0.5) is 5.69 Å². The molecule has 2 N–H and O–H groups in total. The first kappa shape index (κ1) is 18.8. The van der Waals surface area contributed by atoms with E-state index in [1.54, 1.807) is 25.3 Å². The van der Waals surface area contributed by atoms with Crippen molar-refractivity contribution in [2.75, 3.05) is 19.5 Å². The van der Waals surface area contributed by atoms with Gasteiger partial charge in [-0.15, -0.1) is 0 Å². The molecule has 1 aliphatic carbocycles. The third-order valence-electron chi connectivity index (χ3n) is 4.72. The molecule has 0 spiro atoms. The summed E-state index contributed by atoms with van der Waals surface area (Å²) in [5.41, 5.74) is 2.78. The molecule has 2 unspecified atom stereocenters. The molecule has 0 heterocycles. The average Bonchev–Trinajstić information content (AvgIpc) is 3.48. The van der Waals surface area contributed by atoms with Crippen LogP contribution in [0.1, 0.15) is 17.5 Å². The molecule has 2 atom stereocenters. The van der Waals surface area contributed by atoms with Gasteiger partial charge in [-0.05, 0) is 31.0 Å². The molecular formula is C21H24N2O4. The molecule has 6 nitrogen and oxygen atoms in total. The van der Waals surface area contributed by atoms with Gasteiger partial charge in [-0.2, -0.15) is 0 Å². The van der Waals surface area contributed by atoms with Crippen molar-refractivity contribution in [3.8, 4) is 11.5 Å². The third kappa shape index (κ3) is 4.58. The van der Waals surface area contributed by atoms with Crippen molar-refractivity contribution >= 4 is 17.5 Å². The van der Waals surface area contributed by atoms with Gasteiger partial charge in [-0.1, -0.05) is 29.8 Å². The maximum atomic E-state index is 12.4. The van der Waals surface area contributed by atoms with E-state index in [1.165, 1.54) is 12.7 Å². The fraction of sp³-hybridized carbons (Fsp3) is 0.333. The molecule has 6 heteroatoms. The first-order valence-electron chi connectivity index (χ1n) is 8.88. The number of rotatable bonds is 7. The van der Waals surface area contributed by atoms with Gasteiger partial charge in [0.2, 0.25) is 11.8 Å². The topological polar surface area (TPSA) is 76.7 Å². The number of ether oxygens (including phenoxy) is 2. The fourth-order valence-corrected chi connectivity index (χ4v) is 2.93. The zero-order chi connectivity index (χ0) is 19.4. The standard InChI is InChI=1S/C21H24N2O4/c1-13-4-6-14(7-5-13)12-22-20(24)16-11-17(16)21(25)23-18-9-8-15(26-2)10-19(18)27-3/h4-10,16-17H,11-12H2,1-3H3,(H,22,24)(H,23,25). The van der Waals surface area contributed by atoms with Crippen LogP contribution in [-0.4, -0.2) is 26.0 Å². The number of methoxy groups -OCH3 is 2. The predicted molar refractivity (Wildman–Crippen MR) is 103 cm³/mol.